The zero-order chi connectivity index (χ0) is 9.26. The molecule has 0 atom stereocenters. The van der Waals surface area contributed by atoms with E-state index in [1.165, 1.54) is 0 Å². The van der Waals surface area contributed by atoms with Gasteiger partial charge in [0.15, 0.2) is 4.60 Å². The Balaban J connectivity index is 2.74. The molecule has 2 rings (SSSR count). The number of hydrogen-bond acceptors (Lipinski definition) is 3. The lowest BCUT2D eigenvalue weighted by Gasteiger charge is -2.02. The highest BCUT2D eigenvalue weighted by Gasteiger charge is 2.04. The molecular formula is C9H7BrN2O. The molecule has 0 spiro atoms. The molecule has 0 unspecified atom stereocenters. The Kier molecular flexibility index (Phi) is 2.14. The molecule has 3 nitrogen and oxygen atoms in total. The second-order valence-corrected chi connectivity index (χ2v) is 3.26. The fourth-order valence-electron chi connectivity index (χ4n) is 1.09. The maximum Gasteiger partial charge on any atom is 0.247 e. The van der Waals surface area contributed by atoms with E-state index in [1.807, 2.05) is 24.3 Å². The van der Waals surface area contributed by atoms with Gasteiger partial charge in [0.1, 0.15) is 0 Å². The number of methoxy groups -OCH3 is 1. The molecule has 66 valence electrons. The van der Waals surface area contributed by atoms with E-state index in [9.17, 15) is 0 Å². The van der Waals surface area contributed by atoms with Gasteiger partial charge < -0.3 is 4.74 Å². The van der Waals surface area contributed by atoms with E-state index in [4.69, 9.17) is 4.74 Å². The second kappa shape index (κ2) is 3.30. The summed E-state index contributed by atoms with van der Waals surface area (Å²) >= 11 is 3.28. The summed E-state index contributed by atoms with van der Waals surface area (Å²) in [5.74, 6) is 0.513. The zero-order valence-corrected chi connectivity index (χ0v) is 8.58. The number of fused-ring (bicyclic) bond motifs is 1. The first-order valence-electron chi connectivity index (χ1n) is 3.77. The number of benzene rings is 1. The van der Waals surface area contributed by atoms with E-state index in [2.05, 4.69) is 25.9 Å². The van der Waals surface area contributed by atoms with Gasteiger partial charge in [-0.2, -0.15) is 0 Å². The molecule has 4 heteroatoms. The summed E-state index contributed by atoms with van der Waals surface area (Å²) in [5, 5.41) is 0. The minimum absolute atomic E-state index is 0.513. The van der Waals surface area contributed by atoms with Gasteiger partial charge in [0.25, 0.3) is 0 Å². The van der Waals surface area contributed by atoms with Crippen molar-refractivity contribution in [1.82, 2.24) is 9.97 Å². The molecule has 1 aromatic heterocycles. The van der Waals surface area contributed by atoms with Gasteiger partial charge in [-0.1, -0.05) is 12.1 Å². The average Bonchev–Trinajstić information content (AvgIpc) is 2.17. The minimum Gasteiger partial charge on any atom is -0.479 e. The predicted octanol–water partition coefficient (Wildman–Crippen LogP) is 2.40. The van der Waals surface area contributed by atoms with E-state index in [0.29, 0.717) is 10.5 Å². The van der Waals surface area contributed by atoms with Crippen LogP contribution in [0.4, 0.5) is 0 Å². The van der Waals surface area contributed by atoms with Crippen LogP contribution in [0.15, 0.2) is 28.9 Å². The molecule has 0 aliphatic carbocycles. The van der Waals surface area contributed by atoms with Gasteiger partial charge in [-0.25, -0.2) is 9.97 Å². The highest BCUT2D eigenvalue weighted by atomic mass is 79.9. The molecule has 0 saturated heterocycles. The first kappa shape index (κ1) is 8.44. The number of halogens is 1. The van der Waals surface area contributed by atoms with E-state index in [-0.39, 0.29) is 0 Å². The fraction of sp³-hybridized carbons (Fsp3) is 0.111. The van der Waals surface area contributed by atoms with Crippen LogP contribution in [-0.2, 0) is 0 Å². The van der Waals surface area contributed by atoms with Crippen molar-refractivity contribution in [3.63, 3.8) is 0 Å². The Bertz CT molecular complexity index is 445. The van der Waals surface area contributed by atoms with Crippen molar-refractivity contribution < 1.29 is 4.74 Å². The number of nitrogens with zero attached hydrogens (tertiary/aromatic N) is 2. The van der Waals surface area contributed by atoms with Crippen molar-refractivity contribution in [2.24, 2.45) is 0 Å². The molecule has 0 aliphatic rings. The van der Waals surface area contributed by atoms with Crippen LogP contribution >= 0.6 is 15.9 Å². The standard InChI is InChI=1S/C9H7BrN2O/c1-13-9-8(10)11-6-4-2-3-5-7(6)12-9/h2-5H,1H3. The third kappa shape index (κ3) is 1.49. The van der Waals surface area contributed by atoms with Crippen molar-refractivity contribution in [1.29, 1.82) is 0 Å². The van der Waals surface area contributed by atoms with Crippen LogP contribution in [0.25, 0.3) is 11.0 Å². The maximum atomic E-state index is 5.03. The van der Waals surface area contributed by atoms with E-state index in [0.717, 1.165) is 11.0 Å². The molecule has 1 aromatic carbocycles. The molecular weight excluding hydrogens is 232 g/mol. The number of aromatic nitrogens is 2. The van der Waals surface area contributed by atoms with Crippen molar-refractivity contribution in [3.8, 4) is 5.88 Å². The summed E-state index contributed by atoms with van der Waals surface area (Å²) in [6, 6.07) is 7.66. The Labute approximate surface area is 83.9 Å². The summed E-state index contributed by atoms with van der Waals surface area (Å²) in [5.41, 5.74) is 1.69. The van der Waals surface area contributed by atoms with Gasteiger partial charge in [-0.05, 0) is 28.1 Å². The number of rotatable bonds is 1. The summed E-state index contributed by atoms with van der Waals surface area (Å²) in [4.78, 5) is 8.54. The van der Waals surface area contributed by atoms with Gasteiger partial charge in [0.2, 0.25) is 5.88 Å². The zero-order valence-electron chi connectivity index (χ0n) is 6.99. The van der Waals surface area contributed by atoms with Gasteiger partial charge in [-0.15, -0.1) is 0 Å². The number of hydrogen-bond donors (Lipinski definition) is 0. The smallest absolute Gasteiger partial charge is 0.247 e. The summed E-state index contributed by atoms with van der Waals surface area (Å²) < 4.78 is 5.67. The van der Waals surface area contributed by atoms with Gasteiger partial charge in [0, 0.05) is 0 Å². The topological polar surface area (TPSA) is 35.0 Å². The van der Waals surface area contributed by atoms with E-state index < -0.39 is 0 Å². The molecule has 0 N–H and O–H groups in total. The van der Waals surface area contributed by atoms with Crippen LogP contribution in [0.1, 0.15) is 0 Å². The van der Waals surface area contributed by atoms with Gasteiger partial charge >= 0.3 is 0 Å². The normalized spacial score (nSPS) is 10.3. The molecule has 0 amide bonds. The first-order valence-corrected chi connectivity index (χ1v) is 4.57. The Hall–Kier alpha value is -1.16. The third-order valence-electron chi connectivity index (χ3n) is 1.69. The molecule has 1 heterocycles. The number of para-hydroxylation sites is 2. The highest BCUT2D eigenvalue weighted by molar-refractivity contribution is 9.10. The lowest BCUT2D eigenvalue weighted by Crippen LogP contribution is -1.92. The van der Waals surface area contributed by atoms with Gasteiger partial charge in [-0.3, -0.25) is 0 Å². The SMILES string of the molecule is COc1nc2ccccc2nc1Br. The van der Waals surface area contributed by atoms with Crippen molar-refractivity contribution in [2.75, 3.05) is 7.11 Å². The van der Waals surface area contributed by atoms with Crippen LogP contribution in [-0.4, -0.2) is 17.1 Å². The Morgan fingerprint density at radius 2 is 1.77 bits per heavy atom. The monoisotopic (exact) mass is 238 g/mol. The minimum atomic E-state index is 0.513. The summed E-state index contributed by atoms with van der Waals surface area (Å²) in [6.45, 7) is 0. The third-order valence-corrected chi connectivity index (χ3v) is 2.21. The molecule has 2 aromatic rings. The van der Waals surface area contributed by atoms with Crippen molar-refractivity contribution in [2.45, 2.75) is 0 Å². The average molecular weight is 239 g/mol. The van der Waals surface area contributed by atoms with Crippen LogP contribution in [0.2, 0.25) is 0 Å². The predicted molar refractivity (Wildman–Crippen MR) is 53.8 cm³/mol. The van der Waals surface area contributed by atoms with Crippen molar-refractivity contribution >= 4 is 27.0 Å². The van der Waals surface area contributed by atoms with Crippen LogP contribution in [0, 0.1) is 0 Å². The molecule has 0 aliphatic heterocycles. The molecule has 0 bridgehead atoms. The van der Waals surface area contributed by atoms with Crippen molar-refractivity contribution in [3.05, 3.63) is 28.9 Å². The summed E-state index contributed by atoms with van der Waals surface area (Å²) in [6.07, 6.45) is 0. The lowest BCUT2D eigenvalue weighted by atomic mass is 10.3. The molecule has 0 saturated carbocycles. The van der Waals surface area contributed by atoms with E-state index >= 15 is 0 Å². The van der Waals surface area contributed by atoms with E-state index in [1.54, 1.807) is 7.11 Å². The Morgan fingerprint density at radius 3 is 2.38 bits per heavy atom. The number of ether oxygens (including phenoxy) is 1. The molecule has 0 radical (unpaired) electrons. The lowest BCUT2D eigenvalue weighted by molar-refractivity contribution is 0.394. The first-order chi connectivity index (χ1) is 6.31. The summed E-state index contributed by atoms with van der Waals surface area (Å²) in [7, 11) is 1.57. The van der Waals surface area contributed by atoms with Crippen LogP contribution in [0.5, 0.6) is 5.88 Å². The van der Waals surface area contributed by atoms with Crippen LogP contribution < -0.4 is 4.74 Å². The molecule has 13 heavy (non-hydrogen) atoms. The fourth-order valence-corrected chi connectivity index (χ4v) is 1.53. The maximum absolute atomic E-state index is 5.03. The molecule has 0 fully saturated rings. The highest BCUT2D eigenvalue weighted by Crippen LogP contribution is 2.22. The van der Waals surface area contributed by atoms with Crippen LogP contribution in [0.3, 0.4) is 0 Å². The second-order valence-electron chi connectivity index (χ2n) is 2.51. The quantitative estimate of drug-likeness (QED) is 0.766. The van der Waals surface area contributed by atoms with Gasteiger partial charge in [0.05, 0.1) is 18.1 Å². The largest absolute Gasteiger partial charge is 0.479 e. The Morgan fingerprint density at radius 1 is 1.15 bits per heavy atom.